The van der Waals surface area contributed by atoms with Crippen LogP contribution >= 0.6 is 23.2 Å². The molecule has 2 aromatic rings. The maximum Gasteiger partial charge on any atom is 0.232 e. The van der Waals surface area contributed by atoms with Crippen LogP contribution in [0.4, 0.5) is 11.4 Å². The van der Waals surface area contributed by atoms with Gasteiger partial charge in [-0.25, -0.2) is 0 Å². The summed E-state index contributed by atoms with van der Waals surface area (Å²) >= 11 is 12.4. The number of fused-ring (bicyclic) bond motifs is 1. The smallest absolute Gasteiger partial charge is 0.232 e. The molecule has 0 aromatic heterocycles. The molecule has 1 unspecified atom stereocenters. The summed E-state index contributed by atoms with van der Waals surface area (Å²) in [6.07, 6.45) is 2.49. The third kappa shape index (κ3) is 5.05. The summed E-state index contributed by atoms with van der Waals surface area (Å²) in [4.78, 5) is 27.4. The van der Waals surface area contributed by atoms with Crippen LogP contribution in [0.15, 0.2) is 49.6 Å². The average Bonchev–Trinajstić information content (AvgIpc) is 3.43. The van der Waals surface area contributed by atoms with E-state index < -0.39 is 5.92 Å². The van der Waals surface area contributed by atoms with Gasteiger partial charge >= 0.3 is 0 Å². The molecule has 0 radical (unpaired) electrons. The molecule has 6 heteroatoms. The molecular weight excluding hydrogens is 419 g/mol. The van der Waals surface area contributed by atoms with Gasteiger partial charge in [0.15, 0.2) is 5.78 Å². The van der Waals surface area contributed by atoms with Crippen LogP contribution in [0.1, 0.15) is 54.9 Å². The topological polar surface area (TPSA) is 49.4 Å². The number of halogens is 2. The fourth-order valence-corrected chi connectivity index (χ4v) is 4.21. The molecule has 0 spiro atoms. The summed E-state index contributed by atoms with van der Waals surface area (Å²) in [6, 6.07) is 10.9. The quantitative estimate of drug-likeness (QED) is 0.418. The molecule has 30 heavy (non-hydrogen) atoms. The van der Waals surface area contributed by atoms with Crippen LogP contribution in [-0.2, 0) is 4.79 Å². The lowest BCUT2D eigenvalue weighted by Crippen LogP contribution is -2.18. The summed E-state index contributed by atoms with van der Waals surface area (Å²) in [5, 5.41) is 3.63. The molecule has 2 aromatic carbocycles. The van der Waals surface area contributed by atoms with E-state index in [-0.39, 0.29) is 18.1 Å². The highest BCUT2D eigenvalue weighted by molar-refractivity contribution is 6.38. The molecule has 1 N–H and O–H groups in total. The highest BCUT2D eigenvalue weighted by atomic mass is 35.5. The fourth-order valence-electron chi connectivity index (χ4n) is 3.71. The van der Waals surface area contributed by atoms with E-state index in [1.54, 1.807) is 12.1 Å². The molecule has 4 nitrogen and oxygen atoms in total. The number of carbonyl (C=O) groups excluding carboxylic acids is 2. The van der Waals surface area contributed by atoms with E-state index in [1.165, 1.54) is 12.8 Å². The Kier molecular flexibility index (Phi) is 8.94. The maximum absolute atomic E-state index is 12.7. The molecule has 2 aliphatic heterocycles. The molecule has 1 fully saturated rings. The molecular formula is C24H28Cl2N2O2. The van der Waals surface area contributed by atoms with Crippen LogP contribution in [0.5, 0.6) is 0 Å². The molecule has 1 saturated heterocycles. The SMILES string of the molecule is C=C.CC.O=C(CC1C(=O)Nc2c(Cl)ccc(Cl)c21)c1ccc(N2CCCC2)cc1. The number of hydrogen-bond acceptors (Lipinski definition) is 3. The van der Waals surface area contributed by atoms with Gasteiger partial charge in [0.25, 0.3) is 0 Å². The Morgan fingerprint density at radius 1 is 1.03 bits per heavy atom. The summed E-state index contributed by atoms with van der Waals surface area (Å²) in [6.45, 7) is 12.1. The van der Waals surface area contributed by atoms with E-state index in [2.05, 4.69) is 23.4 Å². The molecule has 1 atom stereocenters. The first-order chi connectivity index (χ1) is 14.5. The highest BCUT2D eigenvalue weighted by Crippen LogP contribution is 2.43. The first-order valence-electron chi connectivity index (χ1n) is 10.2. The van der Waals surface area contributed by atoms with Gasteiger partial charge in [-0.1, -0.05) is 37.0 Å². The molecule has 2 heterocycles. The summed E-state index contributed by atoms with van der Waals surface area (Å²) in [7, 11) is 0. The van der Waals surface area contributed by atoms with Crippen molar-refractivity contribution in [2.45, 2.75) is 39.0 Å². The van der Waals surface area contributed by atoms with Crippen molar-refractivity contribution in [3.8, 4) is 0 Å². The van der Waals surface area contributed by atoms with Crippen LogP contribution in [0, 0.1) is 0 Å². The van der Waals surface area contributed by atoms with Crippen LogP contribution in [0.2, 0.25) is 10.0 Å². The zero-order valence-corrected chi connectivity index (χ0v) is 19.0. The van der Waals surface area contributed by atoms with Crippen molar-refractivity contribution >= 4 is 46.3 Å². The minimum atomic E-state index is -0.609. The van der Waals surface area contributed by atoms with Crippen LogP contribution in [-0.4, -0.2) is 24.8 Å². The molecule has 1 amide bonds. The van der Waals surface area contributed by atoms with Crippen LogP contribution in [0.3, 0.4) is 0 Å². The minimum absolute atomic E-state index is 0.0714. The van der Waals surface area contributed by atoms with E-state index in [1.807, 2.05) is 38.1 Å². The van der Waals surface area contributed by atoms with Gasteiger partial charge in [-0.3, -0.25) is 9.59 Å². The van der Waals surface area contributed by atoms with Crippen molar-refractivity contribution in [1.82, 2.24) is 0 Å². The fraction of sp³-hybridized carbons (Fsp3) is 0.333. The number of hydrogen-bond donors (Lipinski definition) is 1. The van der Waals surface area contributed by atoms with E-state index in [9.17, 15) is 9.59 Å². The van der Waals surface area contributed by atoms with Crippen LogP contribution in [0.25, 0.3) is 0 Å². The number of anilines is 2. The number of carbonyl (C=O) groups is 2. The van der Waals surface area contributed by atoms with E-state index >= 15 is 0 Å². The number of benzene rings is 2. The second-order valence-corrected chi connectivity index (χ2v) is 7.54. The van der Waals surface area contributed by atoms with E-state index in [0.717, 1.165) is 18.8 Å². The lowest BCUT2D eigenvalue weighted by atomic mass is 9.92. The van der Waals surface area contributed by atoms with Gasteiger partial charge in [-0.15, -0.1) is 13.2 Å². The maximum atomic E-state index is 12.7. The van der Waals surface area contributed by atoms with Crippen molar-refractivity contribution in [2.75, 3.05) is 23.3 Å². The van der Waals surface area contributed by atoms with Gasteiger partial charge in [-0.05, 0) is 49.2 Å². The number of ketones is 1. The Labute approximate surface area is 188 Å². The molecule has 0 bridgehead atoms. The standard InChI is InChI=1S/C20H18Cl2N2O2.C2H6.C2H4/c21-15-7-8-16(22)19-18(15)14(20(26)23-19)11-17(25)12-3-5-13(6-4-12)24-9-1-2-10-24;2*1-2/h3-8,14H,1-2,9-11H2,(H,23,26);1-2H3;1-2H2. The molecule has 2 aliphatic rings. The first kappa shape index (κ1) is 24.0. The van der Waals surface area contributed by atoms with Crippen molar-refractivity contribution in [3.05, 3.63) is 70.7 Å². The van der Waals surface area contributed by atoms with Crippen molar-refractivity contribution < 1.29 is 9.59 Å². The van der Waals surface area contributed by atoms with Gasteiger partial charge < -0.3 is 10.2 Å². The zero-order chi connectivity index (χ0) is 22.3. The van der Waals surface area contributed by atoms with Gasteiger partial charge in [0.1, 0.15) is 0 Å². The Bertz CT molecular complexity index is 891. The second kappa shape index (κ2) is 11.2. The predicted octanol–water partition coefficient (Wildman–Crippen LogP) is 6.73. The second-order valence-electron chi connectivity index (χ2n) is 6.73. The van der Waals surface area contributed by atoms with Gasteiger partial charge in [0, 0.05) is 41.3 Å². The third-order valence-corrected chi connectivity index (χ3v) is 5.75. The number of nitrogens with zero attached hydrogens (tertiary/aromatic N) is 1. The van der Waals surface area contributed by atoms with Gasteiger partial charge in [-0.2, -0.15) is 0 Å². The van der Waals surface area contributed by atoms with Crippen molar-refractivity contribution in [3.63, 3.8) is 0 Å². The molecule has 0 aliphatic carbocycles. The normalized spacial score (nSPS) is 16.6. The van der Waals surface area contributed by atoms with E-state index in [0.29, 0.717) is 26.9 Å². The third-order valence-electron chi connectivity index (χ3n) is 5.10. The number of amides is 1. The molecule has 0 saturated carbocycles. The highest BCUT2D eigenvalue weighted by Gasteiger charge is 2.35. The van der Waals surface area contributed by atoms with Gasteiger partial charge in [0.05, 0.1) is 16.6 Å². The monoisotopic (exact) mass is 446 g/mol. The van der Waals surface area contributed by atoms with Gasteiger partial charge in [0.2, 0.25) is 5.91 Å². The summed E-state index contributed by atoms with van der Waals surface area (Å²) in [5.41, 5.74) is 2.88. The Morgan fingerprint density at radius 2 is 1.60 bits per heavy atom. The predicted molar refractivity (Wildman–Crippen MR) is 127 cm³/mol. The lowest BCUT2D eigenvalue weighted by molar-refractivity contribution is -0.117. The first-order valence-corrected chi connectivity index (χ1v) is 11.0. The number of Topliss-reactive ketones (excluding diaryl/α,β-unsaturated/α-hetero) is 1. The lowest BCUT2D eigenvalue weighted by Gasteiger charge is -2.17. The average molecular weight is 447 g/mol. The Hall–Kier alpha value is -2.30. The Balaban J connectivity index is 0.000000757. The molecule has 4 rings (SSSR count). The minimum Gasteiger partial charge on any atom is -0.372 e. The number of nitrogens with one attached hydrogen (secondary N) is 1. The van der Waals surface area contributed by atoms with Crippen LogP contribution < -0.4 is 10.2 Å². The zero-order valence-electron chi connectivity index (χ0n) is 17.5. The number of rotatable bonds is 4. The largest absolute Gasteiger partial charge is 0.372 e. The molecule has 160 valence electrons. The van der Waals surface area contributed by atoms with E-state index in [4.69, 9.17) is 23.2 Å². The van der Waals surface area contributed by atoms with Crippen molar-refractivity contribution in [2.24, 2.45) is 0 Å². The van der Waals surface area contributed by atoms with Crippen molar-refractivity contribution in [1.29, 1.82) is 0 Å². The summed E-state index contributed by atoms with van der Waals surface area (Å²) < 4.78 is 0. The Morgan fingerprint density at radius 3 is 2.20 bits per heavy atom. The summed E-state index contributed by atoms with van der Waals surface area (Å²) in [5.74, 6) is -0.930.